The lowest BCUT2D eigenvalue weighted by Crippen LogP contribution is -2.33. The zero-order chi connectivity index (χ0) is 11.4. The SMILES string of the molecule is NCC1CCCCC1C(=O)C1=CCCCC1. The third-order valence-corrected chi connectivity index (χ3v) is 4.16. The summed E-state index contributed by atoms with van der Waals surface area (Å²) in [5.41, 5.74) is 6.90. The highest BCUT2D eigenvalue weighted by Gasteiger charge is 2.31. The summed E-state index contributed by atoms with van der Waals surface area (Å²) >= 11 is 0. The lowest BCUT2D eigenvalue weighted by Gasteiger charge is -2.30. The molecular weight excluding hydrogens is 198 g/mol. The molecule has 90 valence electrons. The van der Waals surface area contributed by atoms with Crippen LogP contribution in [0.4, 0.5) is 0 Å². The van der Waals surface area contributed by atoms with E-state index in [4.69, 9.17) is 5.73 Å². The first-order chi connectivity index (χ1) is 7.83. The maximum Gasteiger partial charge on any atom is 0.161 e. The highest BCUT2D eigenvalue weighted by molar-refractivity contribution is 5.97. The Morgan fingerprint density at radius 3 is 2.75 bits per heavy atom. The lowest BCUT2D eigenvalue weighted by molar-refractivity contribution is -0.121. The normalized spacial score (nSPS) is 30.9. The van der Waals surface area contributed by atoms with Gasteiger partial charge in [0.15, 0.2) is 5.78 Å². The van der Waals surface area contributed by atoms with Crippen molar-refractivity contribution in [3.63, 3.8) is 0 Å². The van der Waals surface area contributed by atoms with E-state index in [1.54, 1.807) is 0 Å². The zero-order valence-corrected chi connectivity index (χ0v) is 10.1. The molecule has 2 rings (SSSR count). The number of nitrogens with two attached hydrogens (primary N) is 1. The molecule has 2 nitrogen and oxygen atoms in total. The molecule has 0 aromatic heterocycles. The summed E-state index contributed by atoms with van der Waals surface area (Å²) < 4.78 is 0. The maximum absolute atomic E-state index is 12.4. The van der Waals surface area contributed by atoms with Gasteiger partial charge in [-0.25, -0.2) is 0 Å². The van der Waals surface area contributed by atoms with Crippen molar-refractivity contribution < 1.29 is 4.79 Å². The number of carbonyl (C=O) groups is 1. The molecule has 0 heterocycles. The molecule has 2 aliphatic carbocycles. The minimum absolute atomic E-state index is 0.239. The largest absolute Gasteiger partial charge is 0.330 e. The molecule has 2 unspecified atom stereocenters. The quantitative estimate of drug-likeness (QED) is 0.796. The summed E-state index contributed by atoms with van der Waals surface area (Å²) in [6.07, 6.45) is 11.4. The first-order valence-electron chi connectivity index (χ1n) is 6.76. The van der Waals surface area contributed by atoms with Gasteiger partial charge in [-0.05, 0) is 56.6 Å². The molecule has 0 spiro atoms. The predicted molar refractivity (Wildman–Crippen MR) is 66.1 cm³/mol. The summed E-state index contributed by atoms with van der Waals surface area (Å²) in [6, 6.07) is 0. The minimum atomic E-state index is 0.239. The van der Waals surface area contributed by atoms with Crippen LogP contribution in [0.1, 0.15) is 51.4 Å². The van der Waals surface area contributed by atoms with Crippen molar-refractivity contribution in [3.8, 4) is 0 Å². The second-order valence-electron chi connectivity index (χ2n) is 5.23. The van der Waals surface area contributed by atoms with Gasteiger partial charge in [-0.3, -0.25) is 4.79 Å². The number of carbonyl (C=O) groups excluding carboxylic acids is 1. The van der Waals surface area contributed by atoms with E-state index in [0.29, 0.717) is 18.2 Å². The Bertz CT molecular complexity index is 282. The molecular formula is C14H23NO. The fourth-order valence-corrected chi connectivity index (χ4v) is 3.14. The molecule has 16 heavy (non-hydrogen) atoms. The van der Waals surface area contributed by atoms with Crippen molar-refractivity contribution in [1.82, 2.24) is 0 Å². The van der Waals surface area contributed by atoms with Crippen LogP contribution in [0.25, 0.3) is 0 Å². The molecule has 0 aliphatic heterocycles. The molecule has 0 amide bonds. The average Bonchev–Trinajstić information content (AvgIpc) is 2.39. The van der Waals surface area contributed by atoms with E-state index >= 15 is 0 Å². The van der Waals surface area contributed by atoms with Gasteiger partial charge in [0.2, 0.25) is 0 Å². The summed E-state index contributed by atoms with van der Waals surface area (Å²) in [6.45, 7) is 0.684. The molecule has 2 heteroatoms. The number of ketones is 1. The summed E-state index contributed by atoms with van der Waals surface area (Å²) in [4.78, 5) is 12.4. The number of hydrogen-bond acceptors (Lipinski definition) is 2. The van der Waals surface area contributed by atoms with Crippen LogP contribution in [-0.4, -0.2) is 12.3 Å². The highest BCUT2D eigenvalue weighted by Crippen LogP contribution is 2.33. The van der Waals surface area contributed by atoms with Gasteiger partial charge in [-0.1, -0.05) is 18.9 Å². The first kappa shape index (κ1) is 11.8. The summed E-state index contributed by atoms with van der Waals surface area (Å²) in [7, 11) is 0. The van der Waals surface area contributed by atoms with Gasteiger partial charge >= 0.3 is 0 Å². The second kappa shape index (κ2) is 5.62. The van der Waals surface area contributed by atoms with Crippen molar-refractivity contribution in [2.24, 2.45) is 17.6 Å². The molecule has 0 aromatic carbocycles. The number of rotatable bonds is 3. The zero-order valence-electron chi connectivity index (χ0n) is 10.1. The molecule has 2 atom stereocenters. The van der Waals surface area contributed by atoms with Crippen LogP contribution in [0.3, 0.4) is 0 Å². The van der Waals surface area contributed by atoms with Gasteiger partial charge in [0, 0.05) is 5.92 Å². The van der Waals surface area contributed by atoms with Gasteiger partial charge in [0.1, 0.15) is 0 Å². The van der Waals surface area contributed by atoms with E-state index in [0.717, 1.165) is 31.3 Å². The van der Waals surface area contributed by atoms with Gasteiger partial charge < -0.3 is 5.73 Å². The second-order valence-corrected chi connectivity index (χ2v) is 5.23. The number of Topliss-reactive ketones (excluding diaryl/α,β-unsaturated/α-hetero) is 1. The Morgan fingerprint density at radius 1 is 1.25 bits per heavy atom. The van der Waals surface area contributed by atoms with E-state index in [1.807, 2.05) is 0 Å². The highest BCUT2D eigenvalue weighted by atomic mass is 16.1. The van der Waals surface area contributed by atoms with Gasteiger partial charge in [-0.15, -0.1) is 0 Å². The summed E-state index contributed by atoms with van der Waals surface area (Å²) in [5.74, 6) is 1.11. The van der Waals surface area contributed by atoms with E-state index < -0.39 is 0 Å². The third-order valence-electron chi connectivity index (χ3n) is 4.16. The topological polar surface area (TPSA) is 43.1 Å². The van der Waals surface area contributed by atoms with Crippen molar-refractivity contribution in [3.05, 3.63) is 11.6 Å². The predicted octanol–water partition coefficient (Wildman–Crippen LogP) is 2.82. The fourth-order valence-electron chi connectivity index (χ4n) is 3.14. The van der Waals surface area contributed by atoms with Crippen LogP contribution in [0.2, 0.25) is 0 Å². The third kappa shape index (κ3) is 2.54. The van der Waals surface area contributed by atoms with Crippen molar-refractivity contribution in [2.75, 3.05) is 6.54 Å². The summed E-state index contributed by atoms with van der Waals surface area (Å²) in [5, 5.41) is 0. The Labute approximate surface area is 98.3 Å². The Hall–Kier alpha value is -0.630. The first-order valence-corrected chi connectivity index (χ1v) is 6.76. The van der Waals surface area contributed by atoms with Crippen molar-refractivity contribution in [1.29, 1.82) is 0 Å². The molecule has 1 fully saturated rings. The Morgan fingerprint density at radius 2 is 2.06 bits per heavy atom. The maximum atomic E-state index is 12.4. The van der Waals surface area contributed by atoms with Crippen molar-refractivity contribution >= 4 is 5.78 Å². The van der Waals surface area contributed by atoms with Crippen LogP contribution in [0.5, 0.6) is 0 Å². The van der Waals surface area contributed by atoms with E-state index in [-0.39, 0.29) is 5.92 Å². The average molecular weight is 221 g/mol. The van der Waals surface area contributed by atoms with Crippen LogP contribution >= 0.6 is 0 Å². The fraction of sp³-hybridized carbons (Fsp3) is 0.786. The van der Waals surface area contributed by atoms with E-state index in [2.05, 4.69) is 6.08 Å². The molecule has 2 N–H and O–H groups in total. The molecule has 2 aliphatic rings. The van der Waals surface area contributed by atoms with E-state index in [9.17, 15) is 4.79 Å². The number of hydrogen-bond donors (Lipinski definition) is 1. The molecule has 0 aromatic rings. The molecule has 0 bridgehead atoms. The van der Waals surface area contributed by atoms with Crippen LogP contribution < -0.4 is 5.73 Å². The minimum Gasteiger partial charge on any atom is -0.330 e. The Balaban J connectivity index is 2.04. The standard InChI is InChI=1S/C14H23NO/c15-10-12-8-4-5-9-13(12)14(16)11-6-2-1-3-7-11/h6,12-13H,1-5,7-10,15H2. The van der Waals surface area contributed by atoms with E-state index in [1.165, 1.54) is 25.7 Å². The van der Waals surface area contributed by atoms with Crippen LogP contribution in [0.15, 0.2) is 11.6 Å². The van der Waals surface area contributed by atoms with Gasteiger partial charge in [0.05, 0.1) is 0 Å². The lowest BCUT2D eigenvalue weighted by atomic mass is 9.74. The Kier molecular flexibility index (Phi) is 4.16. The number of allylic oxidation sites excluding steroid dienone is 2. The smallest absolute Gasteiger partial charge is 0.161 e. The molecule has 0 saturated heterocycles. The van der Waals surface area contributed by atoms with Crippen molar-refractivity contribution in [2.45, 2.75) is 51.4 Å². The monoisotopic (exact) mass is 221 g/mol. The molecule has 1 saturated carbocycles. The van der Waals surface area contributed by atoms with Gasteiger partial charge in [0.25, 0.3) is 0 Å². The van der Waals surface area contributed by atoms with Crippen LogP contribution in [-0.2, 0) is 4.79 Å². The van der Waals surface area contributed by atoms with Gasteiger partial charge in [-0.2, -0.15) is 0 Å². The van der Waals surface area contributed by atoms with Crippen LogP contribution in [0, 0.1) is 11.8 Å². The molecule has 0 radical (unpaired) electrons.